The highest BCUT2D eigenvalue weighted by Crippen LogP contribution is 2.25. The minimum Gasteiger partial charge on any atom is -0.496 e. The van der Waals surface area contributed by atoms with E-state index in [2.05, 4.69) is 5.32 Å². The van der Waals surface area contributed by atoms with Crippen molar-refractivity contribution < 1.29 is 19.2 Å². The van der Waals surface area contributed by atoms with Crippen LogP contribution in [0.5, 0.6) is 5.75 Å². The highest BCUT2D eigenvalue weighted by atomic mass is 16.6. The van der Waals surface area contributed by atoms with Gasteiger partial charge in [0.25, 0.3) is 11.6 Å². The summed E-state index contributed by atoms with van der Waals surface area (Å²) < 4.78 is 5.21. The molecule has 0 unspecified atom stereocenters. The Kier molecular flexibility index (Phi) is 5.73. The van der Waals surface area contributed by atoms with Crippen molar-refractivity contribution in [3.63, 3.8) is 0 Å². The molecule has 0 saturated carbocycles. The highest BCUT2D eigenvalue weighted by Gasteiger charge is 2.23. The molecular formula is C21H19N3O5. The van der Waals surface area contributed by atoms with E-state index in [1.54, 1.807) is 12.1 Å². The lowest BCUT2D eigenvalue weighted by Crippen LogP contribution is -2.45. The summed E-state index contributed by atoms with van der Waals surface area (Å²) >= 11 is 0. The molecule has 2 amide bonds. The molecule has 3 N–H and O–H groups in total. The molecule has 0 aromatic heterocycles. The van der Waals surface area contributed by atoms with Gasteiger partial charge in [0.1, 0.15) is 11.8 Å². The van der Waals surface area contributed by atoms with Crippen LogP contribution >= 0.6 is 0 Å². The molecule has 0 heterocycles. The second-order valence-electron chi connectivity index (χ2n) is 6.45. The van der Waals surface area contributed by atoms with E-state index in [1.807, 2.05) is 30.3 Å². The first-order valence-corrected chi connectivity index (χ1v) is 8.79. The van der Waals surface area contributed by atoms with Gasteiger partial charge in [0, 0.05) is 29.7 Å². The van der Waals surface area contributed by atoms with Crippen molar-refractivity contribution in [1.29, 1.82) is 0 Å². The van der Waals surface area contributed by atoms with Gasteiger partial charge >= 0.3 is 0 Å². The highest BCUT2D eigenvalue weighted by molar-refractivity contribution is 6.00. The van der Waals surface area contributed by atoms with Crippen molar-refractivity contribution in [3.8, 4) is 5.75 Å². The average molecular weight is 393 g/mol. The molecule has 148 valence electrons. The van der Waals surface area contributed by atoms with Crippen LogP contribution in [0.1, 0.15) is 15.9 Å². The number of primary amides is 1. The molecule has 0 spiro atoms. The van der Waals surface area contributed by atoms with Crippen LogP contribution in [0.3, 0.4) is 0 Å². The molecule has 8 nitrogen and oxygen atoms in total. The van der Waals surface area contributed by atoms with E-state index >= 15 is 0 Å². The maximum absolute atomic E-state index is 12.7. The van der Waals surface area contributed by atoms with E-state index in [9.17, 15) is 19.7 Å². The van der Waals surface area contributed by atoms with Gasteiger partial charge in [0.2, 0.25) is 5.91 Å². The molecular weight excluding hydrogens is 374 g/mol. The molecule has 0 fully saturated rings. The Morgan fingerprint density at radius 3 is 2.48 bits per heavy atom. The smallest absolute Gasteiger partial charge is 0.269 e. The lowest BCUT2D eigenvalue weighted by molar-refractivity contribution is -0.384. The minimum absolute atomic E-state index is 0.0422. The number of non-ortho nitro benzene ring substituents is 1. The number of nitro benzene ring substituents is 1. The van der Waals surface area contributed by atoms with E-state index in [0.29, 0.717) is 16.9 Å². The van der Waals surface area contributed by atoms with Gasteiger partial charge in [-0.2, -0.15) is 0 Å². The molecule has 8 heteroatoms. The van der Waals surface area contributed by atoms with Gasteiger partial charge in [0.15, 0.2) is 0 Å². The molecule has 29 heavy (non-hydrogen) atoms. The van der Waals surface area contributed by atoms with E-state index in [1.165, 1.54) is 25.3 Å². The van der Waals surface area contributed by atoms with Gasteiger partial charge in [-0.05, 0) is 29.0 Å². The fourth-order valence-corrected chi connectivity index (χ4v) is 3.05. The standard InChI is InChI=1S/C21H19N3O5/c1-29-19-9-8-17(24(27)28)11-16(19)12-18(20(22)25)23-21(26)15-7-6-13-4-2-3-5-14(13)10-15/h2-11,18H,12H2,1H3,(H2,22,25)(H,23,26)/t18-/m0/s1. The Morgan fingerprint density at radius 1 is 1.10 bits per heavy atom. The van der Waals surface area contributed by atoms with Crippen molar-refractivity contribution in [2.75, 3.05) is 7.11 Å². The summed E-state index contributed by atoms with van der Waals surface area (Å²) in [4.78, 5) is 35.1. The summed E-state index contributed by atoms with van der Waals surface area (Å²) in [6.45, 7) is 0. The van der Waals surface area contributed by atoms with Crippen LogP contribution in [-0.2, 0) is 11.2 Å². The maximum atomic E-state index is 12.7. The maximum Gasteiger partial charge on any atom is 0.269 e. The summed E-state index contributed by atoms with van der Waals surface area (Å²) in [5, 5.41) is 15.5. The molecule has 3 aromatic carbocycles. The van der Waals surface area contributed by atoms with E-state index in [4.69, 9.17) is 10.5 Å². The third-order valence-corrected chi connectivity index (χ3v) is 4.56. The second kappa shape index (κ2) is 8.39. The molecule has 1 atom stereocenters. The summed E-state index contributed by atoms with van der Waals surface area (Å²) in [5.74, 6) is -0.863. The quantitative estimate of drug-likeness (QED) is 0.471. The number of ether oxygens (including phenoxy) is 1. The Morgan fingerprint density at radius 2 is 1.83 bits per heavy atom. The van der Waals surface area contributed by atoms with Crippen molar-refractivity contribution in [2.45, 2.75) is 12.5 Å². The van der Waals surface area contributed by atoms with Gasteiger partial charge in [-0.1, -0.05) is 30.3 Å². The molecule has 3 rings (SSSR count). The number of hydrogen-bond donors (Lipinski definition) is 2. The fourth-order valence-electron chi connectivity index (χ4n) is 3.05. The van der Waals surface area contributed by atoms with E-state index in [-0.39, 0.29) is 12.1 Å². The zero-order valence-electron chi connectivity index (χ0n) is 15.6. The predicted octanol–water partition coefficient (Wildman–Crippen LogP) is 2.58. The number of nitrogens with two attached hydrogens (primary N) is 1. The third kappa shape index (κ3) is 4.49. The molecule has 0 saturated heterocycles. The first-order valence-electron chi connectivity index (χ1n) is 8.79. The predicted molar refractivity (Wildman–Crippen MR) is 108 cm³/mol. The van der Waals surface area contributed by atoms with Crippen molar-refractivity contribution in [3.05, 3.63) is 81.9 Å². The largest absolute Gasteiger partial charge is 0.496 e. The first kappa shape index (κ1) is 19.8. The van der Waals surface area contributed by atoms with Gasteiger partial charge in [-0.15, -0.1) is 0 Å². The Hall–Kier alpha value is -3.94. The normalized spacial score (nSPS) is 11.6. The molecule has 0 aliphatic heterocycles. The number of carbonyl (C=O) groups is 2. The van der Waals surface area contributed by atoms with Crippen LogP contribution in [0, 0.1) is 10.1 Å². The first-order chi connectivity index (χ1) is 13.9. The lowest BCUT2D eigenvalue weighted by atomic mass is 10.0. The molecule has 3 aromatic rings. The van der Waals surface area contributed by atoms with Crippen LogP contribution in [0.4, 0.5) is 5.69 Å². The number of nitro groups is 1. The Balaban J connectivity index is 1.84. The molecule has 0 aliphatic carbocycles. The number of benzene rings is 3. The summed E-state index contributed by atoms with van der Waals surface area (Å²) in [6.07, 6.45) is -0.0422. The monoisotopic (exact) mass is 393 g/mol. The SMILES string of the molecule is COc1ccc([N+](=O)[O-])cc1C[C@H](NC(=O)c1ccc2ccccc2c1)C(N)=O. The van der Waals surface area contributed by atoms with Crippen LogP contribution in [0.2, 0.25) is 0 Å². The number of nitrogens with one attached hydrogen (secondary N) is 1. The van der Waals surface area contributed by atoms with Crippen molar-refractivity contribution in [1.82, 2.24) is 5.32 Å². The van der Waals surface area contributed by atoms with Crippen LogP contribution in [0.25, 0.3) is 10.8 Å². The molecule has 0 bridgehead atoms. The number of amides is 2. The van der Waals surface area contributed by atoms with Crippen molar-refractivity contribution in [2.24, 2.45) is 5.73 Å². The molecule has 0 aliphatic rings. The molecule has 0 radical (unpaired) electrons. The van der Waals surface area contributed by atoms with Gasteiger partial charge in [-0.3, -0.25) is 19.7 Å². The van der Waals surface area contributed by atoms with Gasteiger partial charge in [-0.25, -0.2) is 0 Å². The summed E-state index contributed by atoms with van der Waals surface area (Å²) in [6, 6.07) is 15.7. The van der Waals surface area contributed by atoms with E-state index in [0.717, 1.165) is 10.8 Å². The van der Waals surface area contributed by atoms with Gasteiger partial charge in [0.05, 0.1) is 12.0 Å². The average Bonchev–Trinajstić information content (AvgIpc) is 2.72. The van der Waals surface area contributed by atoms with Crippen molar-refractivity contribution >= 4 is 28.3 Å². The minimum atomic E-state index is -1.06. The van der Waals surface area contributed by atoms with E-state index < -0.39 is 22.8 Å². The lowest BCUT2D eigenvalue weighted by Gasteiger charge is -2.17. The van der Waals surface area contributed by atoms with Gasteiger partial charge < -0.3 is 15.8 Å². The van der Waals surface area contributed by atoms with Crippen LogP contribution < -0.4 is 15.8 Å². The fraction of sp³-hybridized carbons (Fsp3) is 0.143. The number of methoxy groups -OCH3 is 1. The van der Waals surface area contributed by atoms with Crippen LogP contribution in [-0.4, -0.2) is 29.9 Å². The number of carbonyl (C=O) groups excluding carboxylic acids is 2. The zero-order valence-corrected chi connectivity index (χ0v) is 15.6. The summed E-state index contributed by atoms with van der Waals surface area (Å²) in [5.41, 5.74) is 6.08. The topological polar surface area (TPSA) is 125 Å². The number of hydrogen-bond acceptors (Lipinski definition) is 5. The van der Waals surface area contributed by atoms with Crippen LogP contribution in [0.15, 0.2) is 60.7 Å². The number of fused-ring (bicyclic) bond motifs is 1. The Labute approximate surface area is 166 Å². The number of rotatable bonds is 7. The third-order valence-electron chi connectivity index (χ3n) is 4.56. The summed E-state index contributed by atoms with van der Waals surface area (Å²) in [7, 11) is 1.41. The second-order valence-corrected chi connectivity index (χ2v) is 6.45. The number of nitrogens with zero attached hydrogens (tertiary/aromatic N) is 1. The Bertz CT molecular complexity index is 1100. The zero-order chi connectivity index (χ0) is 21.0.